The van der Waals surface area contributed by atoms with Crippen molar-refractivity contribution in [2.75, 3.05) is 13.2 Å². The first-order valence-corrected chi connectivity index (χ1v) is 8.15. The van der Waals surface area contributed by atoms with E-state index in [1.54, 1.807) is 24.2 Å². The first-order valence-electron chi connectivity index (χ1n) is 7.27. The van der Waals surface area contributed by atoms with E-state index in [1.807, 2.05) is 18.2 Å². The van der Waals surface area contributed by atoms with Crippen molar-refractivity contribution in [3.05, 3.63) is 48.3 Å². The number of benzene rings is 1. The lowest BCUT2D eigenvalue weighted by molar-refractivity contribution is 0.260. The van der Waals surface area contributed by atoms with Gasteiger partial charge in [0.1, 0.15) is 12.4 Å². The van der Waals surface area contributed by atoms with Gasteiger partial charge in [-0.05, 0) is 25.1 Å². The number of nitrogens with zero attached hydrogens (tertiary/aromatic N) is 2. The van der Waals surface area contributed by atoms with Gasteiger partial charge in [0.15, 0.2) is 5.16 Å². The molecule has 2 atom stereocenters. The van der Waals surface area contributed by atoms with Crippen LogP contribution in [-0.2, 0) is 0 Å². The molecule has 0 bridgehead atoms. The minimum Gasteiger partial charge on any atom is -0.492 e. The lowest BCUT2D eigenvalue weighted by Gasteiger charge is -2.33. The molecule has 0 amide bonds. The zero-order valence-electron chi connectivity index (χ0n) is 12.0. The minimum absolute atomic E-state index is 0.267. The van der Waals surface area contributed by atoms with E-state index in [4.69, 9.17) is 4.74 Å². The molecule has 1 aliphatic heterocycles. The Balaban J connectivity index is 1.82. The Morgan fingerprint density at radius 1 is 1.24 bits per heavy atom. The molecule has 5 heteroatoms. The summed E-state index contributed by atoms with van der Waals surface area (Å²) in [5.74, 6) is 0.983. The summed E-state index contributed by atoms with van der Waals surface area (Å²) in [6.45, 7) is 3.84. The molecule has 0 spiro atoms. The van der Waals surface area contributed by atoms with Gasteiger partial charge in [-0.3, -0.25) is 0 Å². The Kier molecular flexibility index (Phi) is 4.72. The summed E-state index contributed by atoms with van der Waals surface area (Å²) in [5, 5.41) is 4.71. The lowest BCUT2D eigenvalue weighted by Crippen LogP contribution is -2.38. The average molecular weight is 301 g/mol. The number of hydrogen-bond donors (Lipinski definition) is 1. The summed E-state index contributed by atoms with van der Waals surface area (Å²) in [5.41, 5.74) is 1.23. The Morgan fingerprint density at radius 3 is 2.86 bits per heavy atom. The molecule has 4 nitrogen and oxygen atoms in total. The molecule has 0 saturated heterocycles. The maximum absolute atomic E-state index is 5.90. The maximum atomic E-state index is 5.90. The van der Waals surface area contributed by atoms with Crippen LogP contribution < -0.4 is 10.1 Å². The van der Waals surface area contributed by atoms with Crippen LogP contribution in [0.4, 0.5) is 0 Å². The van der Waals surface area contributed by atoms with Crippen LogP contribution in [0.5, 0.6) is 5.75 Å². The van der Waals surface area contributed by atoms with E-state index < -0.39 is 0 Å². The molecule has 0 radical (unpaired) electrons. The van der Waals surface area contributed by atoms with Gasteiger partial charge in [0.05, 0.1) is 11.3 Å². The fraction of sp³-hybridized carbons (Fsp3) is 0.375. The van der Waals surface area contributed by atoms with E-state index >= 15 is 0 Å². The number of para-hydroxylation sites is 1. The molecule has 0 saturated carbocycles. The smallest absolute Gasteiger partial charge is 0.187 e. The second-order valence-corrected chi connectivity index (χ2v) is 6.17. The van der Waals surface area contributed by atoms with E-state index in [0.29, 0.717) is 6.61 Å². The summed E-state index contributed by atoms with van der Waals surface area (Å²) >= 11 is 1.68. The molecule has 110 valence electrons. The quantitative estimate of drug-likeness (QED) is 0.860. The van der Waals surface area contributed by atoms with Crippen LogP contribution in [0.15, 0.2) is 47.9 Å². The highest BCUT2D eigenvalue weighted by molar-refractivity contribution is 7.99. The van der Waals surface area contributed by atoms with Crippen molar-refractivity contribution in [2.45, 2.75) is 29.8 Å². The van der Waals surface area contributed by atoms with Gasteiger partial charge in [-0.15, -0.1) is 0 Å². The molecule has 1 aromatic carbocycles. The van der Waals surface area contributed by atoms with Crippen molar-refractivity contribution < 1.29 is 4.74 Å². The third kappa shape index (κ3) is 3.36. The molecule has 0 fully saturated rings. The first-order chi connectivity index (χ1) is 10.4. The largest absolute Gasteiger partial charge is 0.492 e. The summed E-state index contributed by atoms with van der Waals surface area (Å²) in [6.07, 6.45) is 4.67. The van der Waals surface area contributed by atoms with Crippen molar-refractivity contribution in [3.8, 4) is 5.75 Å². The van der Waals surface area contributed by atoms with E-state index in [-0.39, 0.29) is 11.3 Å². The maximum Gasteiger partial charge on any atom is 0.187 e. The SMILES string of the molecule is CCCNC1c2ccccc2OCC1Sc1ncccn1. The molecule has 2 heterocycles. The number of thioether (sulfide) groups is 1. The van der Waals surface area contributed by atoms with Crippen LogP contribution in [0.2, 0.25) is 0 Å². The van der Waals surface area contributed by atoms with Crippen molar-refractivity contribution >= 4 is 11.8 Å². The Labute approximate surface area is 129 Å². The van der Waals surface area contributed by atoms with Crippen LogP contribution in [0.1, 0.15) is 24.9 Å². The van der Waals surface area contributed by atoms with Crippen molar-refractivity contribution in [1.29, 1.82) is 0 Å². The number of ether oxygens (including phenoxy) is 1. The van der Waals surface area contributed by atoms with Gasteiger partial charge in [0.2, 0.25) is 0 Å². The molecule has 1 aromatic heterocycles. The monoisotopic (exact) mass is 301 g/mol. The Bertz CT molecular complexity index is 579. The number of nitrogens with one attached hydrogen (secondary N) is 1. The fourth-order valence-corrected chi connectivity index (χ4v) is 3.49. The molecular formula is C16H19N3OS. The van der Waals surface area contributed by atoms with Gasteiger partial charge < -0.3 is 10.1 Å². The molecule has 0 aliphatic carbocycles. The van der Waals surface area contributed by atoms with Gasteiger partial charge in [0.25, 0.3) is 0 Å². The van der Waals surface area contributed by atoms with Crippen molar-refractivity contribution in [1.82, 2.24) is 15.3 Å². The van der Waals surface area contributed by atoms with Crippen LogP contribution in [0, 0.1) is 0 Å². The van der Waals surface area contributed by atoms with Gasteiger partial charge in [0, 0.05) is 18.0 Å². The number of hydrogen-bond acceptors (Lipinski definition) is 5. The molecular weight excluding hydrogens is 282 g/mol. The van der Waals surface area contributed by atoms with Crippen LogP contribution in [0.25, 0.3) is 0 Å². The van der Waals surface area contributed by atoms with Gasteiger partial charge in [-0.25, -0.2) is 9.97 Å². The highest BCUT2D eigenvalue weighted by Gasteiger charge is 2.31. The van der Waals surface area contributed by atoms with Crippen molar-refractivity contribution in [3.63, 3.8) is 0 Å². The molecule has 1 N–H and O–H groups in total. The predicted molar refractivity (Wildman–Crippen MR) is 84.6 cm³/mol. The highest BCUT2D eigenvalue weighted by atomic mass is 32.2. The molecule has 2 unspecified atom stereocenters. The van der Waals surface area contributed by atoms with Crippen LogP contribution >= 0.6 is 11.8 Å². The second-order valence-electron chi connectivity index (χ2n) is 4.97. The van der Waals surface area contributed by atoms with Gasteiger partial charge >= 0.3 is 0 Å². The standard InChI is InChI=1S/C16H19N3OS/c1-2-8-17-15-12-6-3-4-7-13(12)20-11-14(15)21-16-18-9-5-10-19-16/h3-7,9-10,14-15,17H,2,8,11H2,1H3. The summed E-state index contributed by atoms with van der Waals surface area (Å²) in [7, 11) is 0. The molecule has 1 aliphatic rings. The highest BCUT2D eigenvalue weighted by Crippen LogP contribution is 2.38. The topological polar surface area (TPSA) is 47.0 Å². The van der Waals surface area contributed by atoms with Gasteiger partial charge in [-0.1, -0.05) is 36.9 Å². The Hall–Kier alpha value is -1.59. The lowest BCUT2D eigenvalue weighted by atomic mass is 10.00. The predicted octanol–water partition coefficient (Wildman–Crippen LogP) is 3.07. The van der Waals surface area contributed by atoms with E-state index in [0.717, 1.165) is 23.9 Å². The number of aromatic nitrogens is 2. The van der Waals surface area contributed by atoms with Crippen LogP contribution in [-0.4, -0.2) is 28.4 Å². The zero-order chi connectivity index (χ0) is 14.5. The first kappa shape index (κ1) is 14.4. The van der Waals surface area contributed by atoms with Crippen LogP contribution in [0.3, 0.4) is 0 Å². The van der Waals surface area contributed by atoms with Crippen molar-refractivity contribution in [2.24, 2.45) is 0 Å². The van der Waals surface area contributed by atoms with E-state index in [1.165, 1.54) is 5.56 Å². The second kappa shape index (κ2) is 6.91. The van der Waals surface area contributed by atoms with E-state index in [9.17, 15) is 0 Å². The number of rotatable bonds is 5. The fourth-order valence-electron chi connectivity index (χ4n) is 2.46. The van der Waals surface area contributed by atoms with Gasteiger partial charge in [-0.2, -0.15) is 0 Å². The molecule has 21 heavy (non-hydrogen) atoms. The third-order valence-electron chi connectivity index (χ3n) is 3.44. The molecule has 2 aromatic rings. The third-order valence-corrected chi connectivity index (χ3v) is 4.57. The zero-order valence-corrected chi connectivity index (χ0v) is 12.8. The Morgan fingerprint density at radius 2 is 2.05 bits per heavy atom. The summed E-state index contributed by atoms with van der Waals surface area (Å²) in [6, 6.07) is 10.4. The normalized spacial score (nSPS) is 20.6. The summed E-state index contributed by atoms with van der Waals surface area (Å²) in [4.78, 5) is 8.62. The average Bonchev–Trinajstić information content (AvgIpc) is 2.55. The summed E-state index contributed by atoms with van der Waals surface area (Å²) < 4.78 is 5.90. The minimum atomic E-state index is 0.267. The molecule has 3 rings (SSSR count). The van der Waals surface area contributed by atoms with E-state index in [2.05, 4.69) is 34.3 Å². The number of fused-ring (bicyclic) bond motifs is 1.